The van der Waals surface area contributed by atoms with Gasteiger partial charge < -0.3 is 4.90 Å². The number of fused-ring (bicyclic) bond motifs is 1. The van der Waals surface area contributed by atoms with Gasteiger partial charge >= 0.3 is 0 Å². The lowest BCUT2D eigenvalue weighted by atomic mass is 10.1. The second-order valence-electron chi connectivity index (χ2n) is 8.23. The molecule has 0 spiro atoms. The average Bonchev–Trinajstić information content (AvgIpc) is 3.43. The molecule has 4 heterocycles. The van der Waals surface area contributed by atoms with Crippen LogP contribution in [-0.2, 0) is 13.5 Å². The molecule has 158 valence electrons. The van der Waals surface area contributed by atoms with Crippen LogP contribution in [0.1, 0.15) is 34.9 Å². The second kappa shape index (κ2) is 7.99. The Kier molecular flexibility index (Phi) is 5.03. The zero-order chi connectivity index (χ0) is 21.4. The molecule has 0 atom stereocenters. The van der Waals surface area contributed by atoms with Crippen molar-refractivity contribution in [1.82, 2.24) is 39.9 Å². The Morgan fingerprint density at radius 2 is 1.90 bits per heavy atom. The molecule has 9 nitrogen and oxygen atoms in total. The number of piperidine rings is 1. The molecule has 4 aromatic rings. The van der Waals surface area contributed by atoms with E-state index in [1.165, 1.54) is 0 Å². The van der Waals surface area contributed by atoms with Crippen molar-refractivity contribution in [2.24, 2.45) is 7.05 Å². The molecule has 1 aliphatic heterocycles. The smallest absolute Gasteiger partial charge is 0.172 e. The van der Waals surface area contributed by atoms with Crippen LogP contribution in [0, 0.1) is 0 Å². The SMILES string of the molecule is CN1CCC(n2cc(C(=O)Cc3cc4cc(-c5cn(C)nn5)ccc4nn3)cn2)CC1. The van der Waals surface area contributed by atoms with Crippen LogP contribution in [0.4, 0.5) is 0 Å². The molecule has 1 aliphatic rings. The Bertz CT molecular complexity index is 1240. The monoisotopic (exact) mass is 416 g/mol. The molecule has 31 heavy (non-hydrogen) atoms. The highest BCUT2D eigenvalue weighted by Crippen LogP contribution is 2.23. The van der Waals surface area contributed by atoms with Crippen molar-refractivity contribution in [1.29, 1.82) is 0 Å². The third kappa shape index (κ3) is 4.09. The highest BCUT2D eigenvalue weighted by molar-refractivity contribution is 5.97. The molecule has 0 aliphatic carbocycles. The van der Waals surface area contributed by atoms with Gasteiger partial charge in [-0.15, -0.1) is 5.10 Å². The summed E-state index contributed by atoms with van der Waals surface area (Å²) >= 11 is 0. The molecule has 1 fully saturated rings. The van der Waals surface area contributed by atoms with E-state index in [2.05, 4.69) is 37.6 Å². The molecule has 9 heteroatoms. The number of aromatic nitrogens is 7. The van der Waals surface area contributed by atoms with E-state index in [0.29, 0.717) is 17.3 Å². The maximum absolute atomic E-state index is 12.8. The Morgan fingerprint density at radius 1 is 1.06 bits per heavy atom. The van der Waals surface area contributed by atoms with Crippen molar-refractivity contribution in [3.05, 3.63) is 54.1 Å². The fourth-order valence-corrected chi connectivity index (χ4v) is 4.02. The summed E-state index contributed by atoms with van der Waals surface area (Å²) in [5.41, 5.74) is 3.78. The second-order valence-corrected chi connectivity index (χ2v) is 8.23. The number of carbonyl (C=O) groups excluding carboxylic acids is 1. The van der Waals surface area contributed by atoms with Gasteiger partial charge in [0.2, 0.25) is 0 Å². The number of nitrogens with zero attached hydrogens (tertiary/aromatic N) is 8. The molecular weight excluding hydrogens is 392 g/mol. The molecule has 0 radical (unpaired) electrons. The Balaban J connectivity index is 1.33. The van der Waals surface area contributed by atoms with Crippen LogP contribution in [0.5, 0.6) is 0 Å². The molecule has 0 bridgehead atoms. The predicted octanol–water partition coefficient (Wildman–Crippen LogP) is 2.31. The van der Waals surface area contributed by atoms with Gasteiger partial charge in [0.1, 0.15) is 5.69 Å². The molecule has 0 N–H and O–H groups in total. The van der Waals surface area contributed by atoms with Gasteiger partial charge in [-0.05, 0) is 51.2 Å². The minimum Gasteiger partial charge on any atom is -0.306 e. The fourth-order valence-electron chi connectivity index (χ4n) is 4.02. The van der Waals surface area contributed by atoms with Crippen molar-refractivity contribution >= 4 is 16.7 Å². The van der Waals surface area contributed by atoms with Crippen LogP contribution in [0.3, 0.4) is 0 Å². The molecule has 0 saturated carbocycles. The molecule has 5 rings (SSSR count). The Hall–Kier alpha value is -3.46. The lowest BCUT2D eigenvalue weighted by molar-refractivity contribution is 0.0991. The summed E-state index contributed by atoms with van der Waals surface area (Å²) in [6, 6.07) is 8.13. The van der Waals surface area contributed by atoms with Crippen molar-refractivity contribution < 1.29 is 4.79 Å². The van der Waals surface area contributed by atoms with Crippen LogP contribution < -0.4 is 0 Å². The maximum atomic E-state index is 12.8. The Labute approximate surface area is 179 Å². The number of hydrogen-bond acceptors (Lipinski definition) is 7. The first kappa shape index (κ1) is 19.5. The number of rotatable bonds is 5. The minimum absolute atomic E-state index is 0.00194. The molecule has 0 unspecified atom stereocenters. The van der Waals surface area contributed by atoms with Crippen LogP contribution >= 0.6 is 0 Å². The summed E-state index contributed by atoms with van der Waals surface area (Å²) in [5, 5.41) is 22.0. The van der Waals surface area contributed by atoms with Gasteiger partial charge in [0.15, 0.2) is 5.78 Å². The van der Waals surface area contributed by atoms with Gasteiger partial charge in [-0.1, -0.05) is 11.3 Å². The lowest BCUT2D eigenvalue weighted by Gasteiger charge is -2.28. The van der Waals surface area contributed by atoms with E-state index < -0.39 is 0 Å². The standard InChI is InChI=1S/C22H24N8O/c1-28-7-5-19(6-8-28)30-13-17(12-23-30)22(31)11-18-10-16-9-15(3-4-20(16)25-24-18)21-14-29(2)27-26-21/h3-4,9-10,12-14,19H,5-8,11H2,1-2H3. The van der Waals surface area contributed by atoms with Crippen molar-refractivity contribution in [3.63, 3.8) is 0 Å². The molecule has 1 saturated heterocycles. The molecule has 3 aromatic heterocycles. The summed E-state index contributed by atoms with van der Waals surface area (Å²) in [7, 11) is 3.97. The molecular formula is C22H24N8O. The first-order valence-electron chi connectivity index (χ1n) is 10.4. The third-order valence-corrected chi connectivity index (χ3v) is 5.86. The highest BCUT2D eigenvalue weighted by Gasteiger charge is 2.20. The van der Waals surface area contributed by atoms with Gasteiger partial charge in [0.05, 0.1) is 41.6 Å². The van der Waals surface area contributed by atoms with E-state index in [9.17, 15) is 4.79 Å². The number of hydrogen-bond donors (Lipinski definition) is 0. The number of aryl methyl sites for hydroxylation is 1. The number of carbonyl (C=O) groups is 1. The van der Waals surface area contributed by atoms with Crippen molar-refractivity contribution in [3.8, 4) is 11.3 Å². The first-order chi connectivity index (χ1) is 15.0. The van der Waals surface area contributed by atoms with Crippen LogP contribution in [-0.4, -0.2) is 65.8 Å². The van der Waals surface area contributed by atoms with Crippen LogP contribution in [0.25, 0.3) is 22.2 Å². The van der Waals surface area contributed by atoms with E-state index in [-0.39, 0.29) is 12.2 Å². The number of likely N-dealkylation sites (tertiary alicyclic amines) is 1. The summed E-state index contributed by atoms with van der Waals surface area (Å²) in [6.07, 6.45) is 7.70. The number of ketones is 1. The van der Waals surface area contributed by atoms with E-state index in [1.807, 2.05) is 48.4 Å². The molecule has 0 amide bonds. The zero-order valence-electron chi connectivity index (χ0n) is 17.6. The van der Waals surface area contributed by atoms with Gasteiger partial charge in [-0.2, -0.15) is 15.3 Å². The topological polar surface area (TPSA) is 94.6 Å². The number of benzene rings is 1. The van der Waals surface area contributed by atoms with E-state index in [1.54, 1.807) is 10.9 Å². The summed E-state index contributed by atoms with van der Waals surface area (Å²) in [5.74, 6) is -0.00194. The minimum atomic E-state index is -0.00194. The largest absolute Gasteiger partial charge is 0.306 e. The third-order valence-electron chi connectivity index (χ3n) is 5.86. The van der Waals surface area contributed by atoms with Crippen LogP contribution in [0.2, 0.25) is 0 Å². The van der Waals surface area contributed by atoms with Gasteiger partial charge in [-0.25, -0.2) is 0 Å². The normalized spacial score (nSPS) is 15.5. The van der Waals surface area contributed by atoms with E-state index in [0.717, 1.165) is 48.1 Å². The lowest BCUT2D eigenvalue weighted by Crippen LogP contribution is -2.31. The van der Waals surface area contributed by atoms with Crippen molar-refractivity contribution in [2.45, 2.75) is 25.3 Å². The summed E-state index contributed by atoms with van der Waals surface area (Å²) in [6.45, 7) is 2.11. The maximum Gasteiger partial charge on any atom is 0.172 e. The first-order valence-corrected chi connectivity index (χ1v) is 10.4. The predicted molar refractivity (Wildman–Crippen MR) is 116 cm³/mol. The Morgan fingerprint density at radius 3 is 2.68 bits per heavy atom. The average molecular weight is 416 g/mol. The quantitative estimate of drug-likeness (QED) is 0.461. The number of Topliss-reactive ketones (excluding diaryl/α,β-unsaturated/α-hetero) is 1. The molecule has 1 aromatic carbocycles. The van der Waals surface area contributed by atoms with Gasteiger partial charge in [-0.3, -0.25) is 14.2 Å². The fraction of sp³-hybridized carbons (Fsp3) is 0.364. The van der Waals surface area contributed by atoms with E-state index >= 15 is 0 Å². The van der Waals surface area contributed by atoms with Gasteiger partial charge in [0, 0.05) is 24.2 Å². The van der Waals surface area contributed by atoms with Crippen LogP contribution in [0.15, 0.2) is 42.9 Å². The van der Waals surface area contributed by atoms with Gasteiger partial charge in [0.25, 0.3) is 0 Å². The highest BCUT2D eigenvalue weighted by atomic mass is 16.1. The van der Waals surface area contributed by atoms with Crippen molar-refractivity contribution in [2.75, 3.05) is 20.1 Å². The zero-order valence-corrected chi connectivity index (χ0v) is 17.6. The summed E-state index contributed by atoms with van der Waals surface area (Å²) in [4.78, 5) is 15.2. The summed E-state index contributed by atoms with van der Waals surface area (Å²) < 4.78 is 3.61. The van der Waals surface area contributed by atoms with E-state index in [4.69, 9.17) is 0 Å².